The minimum atomic E-state index is -0.383. The van der Waals surface area contributed by atoms with Crippen LogP contribution in [0.5, 0.6) is 0 Å². The van der Waals surface area contributed by atoms with Crippen LogP contribution in [0.15, 0.2) is 60.7 Å². The number of carbonyl (C=O) groups is 3. The zero-order valence-corrected chi connectivity index (χ0v) is 15.0. The van der Waals surface area contributed by atoms with Crippen molar-refractivity contribution in [3.05, 3.63) is 82.9 Å². The number of rotatable bonds is 3. The molecule has 134 valence electrons. The summed E-state index contributed by atoms with van der Waals surface area (Å²) in [4.78, 5) is 37.9. The van der Waals surface area contributed by atoms with Crippen molar-refractivity contribution in [3.8, 4) is 0 Å². The summed E-state index contributed by atoms with van der Waals surface area (Å²) in [5.41, 5.74) is 1.99. The van der Waals surface area contributed by atoms with Crippen LogP contribution in [0.4, 0.5) is 0 Å². The second kappa shape index (κ2) is 6.36. The molecule has 1 N–H and O–H groups in total. The molecule has 3 aromatic rings. The van der Waals surface area contributed by atoms with Gasteiger partial charge in [-0.05, 0) is 41.5 Å². The van der Waals surface area contributed by atoms with Crippen molar-refractivity contribution in [2.45, 2.75) is 13.0 Å². The van der Waals surface area contributed by atoms with Crippen molar-refractivity contribution in [2.75, 3.05) is 7.05 Å². The fourth-order valence-corrected chi connectivity index (χ4v) is 3.49. The molecule has 0 aromatic heterocycles. The van der Waals surface area contributed by atoms with Crippen molar-refractivity contribution in [3.63, 3.8) is 0 Å². The van der Waals surface area contributed by atoms with Gasteiger partial charge in [0.25, 0.3) is 17.7 Å². The third-order valence-electron chi connectivity index (χ3n) is 4.99. The first-order chi connectivity index (χ1) is 13.0. The zero-order chi connectivity index (χ0) is 19.1. The molecule has 5 nitrogen and oxygen atoms in total. The number of carbonyl (C=O) groups excluding carboxylic acids is 3. The predicted molar refractivity (Wildman–Crippen MR) is 103 cm³/mol. The number of nitrogens with one attached hydrogen (secondary N) is 1. The smallest absolute Gasteiger partial charge is 0.261 e. The average molecular weight is 358 g/mol. The molecule has 3 amide bonds. The van der Waals surface area contributed by atoms with Gasteiger partial charge in [0.1, 0.15) is 0 Å². The lowest BCUT2D eigenvalue weighted by Crippen LogP contribution is -2.27. The Labute approximate surface area is 156 Å². The van der Waals surface area contributed by atoms with Crippen LogP contribution in [0.2, 0.25) is 0 Å². The van der Waals surface area contributed by atoms with Gasteiger partial charge >= 0.3 is 0 Å². The first kappa shape index (κ1) is 17.0. The van der Waals surface area contributed by atoms with Crippen LogP contribution < -0.4 is 5.32 Å². The van der Waals surface area contributed by atoms with E-state index in [4.69, 9.17) is 0 Å². The Bertz CT molecular complexity index is 1100. The van der Waals surface area contributed by atoms with Gasteiger partial charge in [-0.2, -0.15) is 0 Å². The highest BCUT2D eigenvalue weighted by Crippen LogP contribution is 2.26. The molecule has 0 fully saturated rings. The normalized spacial score (nSPS) is 14.4. The molecule has 1 unspecified atom stereocenters. The van der Waals surface area contributed by atoms with Gasteiger partial charge in [-0.3, -0.25) is 19.3 Å². The number of benzene rings is 3. The van der Waals surface area contributed by atoms with E-state index in [-0.39, 0.29) is 29.3 Å². The van der Waals surface area contributed by atoms with E-state index in [1.807, 2.05) is 49.4 Å². The van der Waals surface area contributed by atoms with Crippen molar-refractivity contribution >= 4 is 28.5 Å². The van der Waals surface area contributed by atoms with E-state index in [1.54, 1.807) is 6.07 Å². The van der Waals surface area contributed by atoms with Gasteiger partial charge in [-0.1, -0.05) is 42.5 Å². The lowest BCUT2D eigenvalue weighted by molar-refractivity contribution is 0.0693. The molecule has 1 aliphatic rings. The van der Waals surface area contributed by atoms with Crippen LogP contribution in [0.3, 0.4) is 0 Å². The number of hydrogen-bond donors (Lipinski definition) is 1. The van der Waals surface area contributed by atoms with Gasteiger partial charge < -0.3 is 5.32 Å². The van der Waals surface area contributed by atoms with Gasteiger partial charge in [-0.15, -0.1) is 0 Å². The Hall–Kier alpha value is -3.47. The SMILES string of the molecule is CC(NC(=O)c1ccc2c(c1)C(=O)N(C)C2=O)c1cccc2ccccc12. The van der Waals surface area contributed by atoms with Crippen LogP contribution in [-0.2, 0) is 0 Å². The lowest BCUT2D eigenvalue weighted by atomic mass is 9.99. The molecule has 1 atom stereocenters. The van der Waals surface area contributed by atoms with E-state index in [0.29, 0.717) is 11.1 Å². The summed E-state index contributed by atoms with van der Waals surface area (Å²) in [6, 6.07) is 18.4. The van der Waals surface area contributed by atoms with Crippen LogP contribution in [-0.4, -0.2) is 29.7 Å². The molecule has 0 bridgehead atoms. The zero-order valence-electron chi connectivity index (χ0n) is 15.0. The van der Waals surface area contributed by atoms with Crippen LogP contribution in [0.25, 0.3) is 10.8 Å². The van der Waals surface area contributed by atoms with E-state index < -0.39 is 0 Å². The van der Waals surface area contributed by atoms with Crippen molar-refractivity contribution < 1.29 is 14.4 Å². The first-order valence-electron chi connectivity index (χ1n) is 8.72. The average Bonchev–Trinajstić information content (AvgIpc) is 2.91. The third kappa shape index (κ3) is 2.77. The van der Waals surface area contributed by atoms with Crippen LogP contribution in [0.1, 0.15) is 49.6 Å². The van der Waals surface area contributed by atoms with E-state index in [0.717, 1.165) is 21.2 Å². The maximum Gasteiger partial charge on any atom is 0.261 e. The van der Waals surface area contributed by atoms with E-state index in [9.17, 15) is 14.4 Å². The second-order valence-electron chi connectivity index (χ2n) is 6.69. The molecular formula is C22H18N2O3. The summed E-state index contributed by atoms with van der Waals surface area (Å²) in [5.74, 6) is -1.01. The Morgan fingerprint density at radius 3 is 2.44 bits per heavy atom. The molecule has 1 aliphatic heterocycles. The standard InChI is InChI=1S/C22H18N2O3/c1-13(16-9-5-7-14-6-3-4-8-17(14)16)23-20(25)15-10-11-18-19(12-15)22(27)24(2)21(18)26/h3-13H,1-2H3,(H,23,25). The van der Waals surface area contributed by atoms with Crippen molar-refractivity contribution in [1.82, 2.24) is 10.2 Å². The number of fused-ring (bicyclic) bond motifs is 2. The van der Waals surface area contributed by atoms with E-state index in [2.05, 4.69) is 5.32 Å². The summed E-state index contributed by atoms with van der Waals surface area (Å²) in [5, 5.41) is 5.18. The van der Waals surface area contributed by atoms with E-state index >= 15 is 0 Å². The van der Waals surface area contributed by atoms with Gasteiger partial charge in [0, 0.05) is 12.6 Å². The molecule has 4 rings (SSSR count). The highest BCUT2D eigenvalue weighted by Gasteiger charge is 2.33. The van der Waals surface area contributed by atoms with Gasteiger partial charge in [0.2, 0.25) is 0 Å². The van der Waals surface area contributed by atoms with Gasteiger partial charge in [0.05, 0.1) is 17.2 Å². The summed E-state index contributed by atoms with van der Waals surface area (Å²) < 4.78 is 0. The minimum Gasteiger partial charge on any atom is -0.345 e. The number of imide groups is 1. The highest BCUT2D eigenvalue weighted by molar-refractivity contribution is 6.21. The molecule has 0 saturated carbocycles. The summed E-state index contributed by atoms with van der Waals surface area (Å²) in [6.07, 6.45) is 0. The predicted octanol–water partition coefficient (Wildman–Crippen LogP) is 3.56. The molecule has 0 aliphatic carbocycles. The molecule has 0 saturated heterocycles. The summed E-state index contributed by atoms with van der Waals surface area (Å²) in [7, 11) is 1.44. The molecule has 1 heterocycles. The topological polar surface area (TPSA) is 66.5 Å². The first-order valence-corrected chi connectivity index (χ1v) is 8.72. The van der Waals surface area contributed by atoms with E-state index in [1.165, 1.54) is 19.2 Å². The van der Waals surface area contributed by atoms with Crippen LogP contribution in [0, 0.1) is 0 Å². The maximum absolute atomic E-state index is 12.7. The number of hydrogen-bond acceptors (Lipinski definition) is 3. The summed E-state index contributed by atoms with van der Waals surface area (Å²) in [6.45, 7) is 1.93. The fourth-order valence-electron chi connectivity index (χ4n) is 3.49. The molecular weight excluding hydrogens is 340 g/mol. The summed E-state index contributed by atoms with van der Waals surface area (Å²) >= 11 is 0. The quantitative estimate of drug-likeness (QED) is 0.728. The Kier molecular flexibility index (Phi) is 4.00. The van der Waals surface area contributed by atoms with Crippen molar-refractivity contribution in [1.29, 1.82) is 0 Å². The maximum atomic E-state index is 12.7. The third-order valence-corrected chi connectivity index (χ3v) is 4.99. The molecule has 0 spiro atoms. The Morgan fingerprint density at radius 1 is 0.926 bits per heavy atom. The monoisotopic (exact) mass is 358 g/mol. The second-order valence-corrected chi connectivity index (χ2v) is 6.69. The van der Waals surface area contributed by atoms with Crippen molar-refractivity contribution in [2.24, 2.45) is 0 Å². The molecule has 27 heavy (non-hydrogen) atoms. The number of nitrogens with zero attached hydrogens (tertiary/aromatic N) is 1. The minimum absolute atomic E-state index is 0.211. The van der Waals surface area contributed by atoms with Gasteiger partial charge in [-0.25, -0.2) is 0 Å². The lowest BCUT2D eigenvalue weighted by Gasteiger charge is -2.17. The van der Waals surface area contributed by atoms with Gasteiger partial charge in [0.15, 0.2) is 0 Å². The van der Waals surface area contributed by atoms with Crippen LogP contribution >= 0.6 is 0 Å². The Morgan fingerprint density at radius 2 is 1.63 bits per heavy atom. The highest BCUT2D eigenvalue weighted by atomic mass is 16.2. The molecule has 5 heteroatoms. The largest absolute Gasteiger partial charge is 0.345 e. The molecule has 0 radical (unpaired) electrons. The fraction of sp³-hybridized carbons (Fsp3) is 0.136. The Balaban J connectivity index is 1.61. The molecule has 3 aromatic carbocycles. The number of amides is 3.